The van der Waals surface area contributed by atoms with Crippen LogP contribution in [0.1, 0.15) is 13.3 Å². The molecule has 5 nitrogen and oxygen atoms in total. The Morgan fingerprint density at radius 2 is 2.12 bits per heavy atom. The van der Waals surface area contributed by atoms with Crippen molar-refractivity contribution in [3.05, 3.63) is 0 Å². The van der Waals surface area contributed by atoms with Crippen LogP contribution in [0.3, 0.4) is 0 Å². The average Bonchev–Trinajstić information content (AvgIpc) is 2.22. The number of amides is 1. The first-order chi connectivity index (χ1) is 7.56. The molecule has 1 amide bonds. The first-order valence-electron chi connectivity index (χ1n) is 5.75. The number of likely N-dealkylation sites (N-methyl/N-ethyl adjacent to an activating group) is 1. The Balaban J connectivity index is 3.28. The van der Waals surface area contributed by atoms with Gasteiger partial charge in [0.15, 0.2) is 0 Å². The summed E-state index contributed by atoms with van der Waals surface area (Å²) in [7, 11) is 4.00. The Labute approximate surface area is 98.3 Å². The smallest absolute Gasteiger partial charge is 0.220 e. The Kier molecular flexibility index (Phi) is 9.18. The first kappa shape index (κ1) is 15.3. The number of ether oxygens (including phenoxy) is 1. The summed E-state index contributed by atoms with van der Waals surface area (Å²) in [5, 5.41) is 2.80. The molecule has 0 heterocycles. The van der Waals surface area contributed by atoms with E-state index >= 15 is 0 Å². The van der Waals surface area contributed by atoms with Gasteiger partial charge >= 0.3 is 0 Å². The second-order valence-corrected chi connectivity index (χ2v) is 4.31. The van der Waals surface area contributed by atoms with Gasteiger partial charge in [0.05, 0.1) is 13.2 Å². The SMILES string of the molecule is CC(CN)CC(=O)NCCOCCN(C)C. The zero-order valence-corrected chi connectivity index (χ0v) is 10.7. The van der Waals surface area contributed by atoms with Crippen LogP contribution in [0, 0.1) is 5.92 Å². The van der Waals surface area contributed by atoms with Crippen molar-refractivity contribution < 1.29 is 9.53 Å². The summed E-state index contributed by atoms with van der Waals surface area (Å²) in [6.45, 7) is 5.25. The highest BCUT2D eigenvalue weighted by atomic mass is 16.5. The van der Waals surface area contributed by atoms with Crippen LogP contribution in [-0.2, 0) is 9.53 Å². The van der Waals surface area contributed by atoms with Crippen molar-refractivity contribution in [3.63, 3.8) is 0 Å². The summed E-state index contributed by atoms with van der Waals surface area (Å²) in [4.78, 5) is 13.4. The molecule has 96 valence electrons. The Morgan fingerprint density at radius 3 is 2.69 bits per heavy atom. The van der Waals surface area contributed by atoms with Gasteiger partial charge < -0.3 is 20.7 Å². The minimum Gasteiger partial charge on any atom is -0.378 e. The highest BCUT2D eigenvalue weighted by molar-refractivity contribution is 5.76. The molecular formula is C11H25N3O2. The lowest BCUT2D eigenvalue weighted by molar-refractivity contribution is -0.122. The fourth-order valence-electron chi connectivity index (χ4n) is 1.08. The van der Waals surface area contributed by atoms with E-state index in [2.05, 4.69) is 10.2 Å². The average molecular weight is 231 g/mol. The fourth-order valence-corrected chi connectivity index (χ4v) is 1.08. The predicted molar refractivity (Wildman–Crippen MR) is 65.2 cm³/mol. The Bertz CT molecular complexity index is 186. The van der Waals surface area contributed by atoms with E-state index < -0.39 is 0 Å². The van der Waals surface area contributed by atoms with Crippen molar-refractivity contribution in [2.45, 2.75) is 13.3 Å². The predicted octanol–water partition coefficient (Wildman–Crippen LogP) is -0.334. The highest BCUT2D eigenvalue weighted by Gasteiger charge is 2.06. The second-order valence-electron chi connectivity index (χ2n) is 4.31. The number of carbonyl (C=O) groups excluding carboxylic acids is 1. The van der Waals surface area contributed by atoms with Crippen LogP contribution in [0.15, 0.2) is 0 Å². The molecule has 0 aromatic rings. The van der Waals surface area contributed by atoms with Crippen LogP contribution >= 0.6 is 0 Å². The maximum Gasteiger partial charge on any atom is 0.220 e. The molecule has 0 aromatic carbocycles. The number of nitrogens with zero attached hydrogens (tertiary/aromatic N) is 1. The van der Waals surface area contributed by atoms with Gasteiger partial charge in [0.1, 0.15) is 0 Å². The topological polar surface area (TPSA) is 67.6 Å². The van der Waals surface area contributed by atoms with Gasteiger partial charge in [0, 0.05) is 19.5 Å². The minimum atomic E-state index is 0.0501. The van der Waals surface area contributed by atoms with Crippen LogP contribution in [0.4, 0.5) is 0 Å². The lowest BCUT2D eigenvalue weighted by Gasteiger charge is -2.11. The molecule has 16 heavy (non-hydrogen) atoms. The molecule has 5 heteroatoms. The van der Waals surface area contributed by atoms with E-state index in [1.807, 2.05) is 21.0 Å². The van der Waals surface area contributed by atoms with Gasteiger partial charge in [0.25, 0.3) is 0 Å². The Morgan fingerprint density at radius 1 is 1.44 bits per heavy atom. The first-order valence-corrected chi connectivity index (χ1v) is 5.75. The van der Waals surface area contributed by atoms with Crippen molar-refractivity contribution in [1.29, 1.82) is 0 Å². The normalized spacial score (nSPS) is 12.8. The maximum atomic E-state index is 11.3. The number of rotatable bonds is 9. The zero-order valence-electron chi connectivity index (χ0n) is 10.7. The molecule has 1 atom stereocenters. The zero-order chi connectivity index (χ0) is 12.4. The highest BCUT2D eigenvalue weighted by Crippen LogP contribution is 1.97. The fraction of sp³-hybridized carbons (Fsp3) is 0.909. The number of hydrogen-bond acceptors (Lipinski definition) is 4. The van der Waals surface area contributed by atoms with Crippen molar-refractivity contribution >= 4 is 5.91 Å². The van der Waals surface area contributed by atoms with Crippen molar-refractivity contribution in [2.24, 2.45) is 11.7 Å². The van der Waals surface area contributed by atoms with Crippen LogP contribution in [0.5, 0.6) is 0 Å². The summed E-state index contributed by atoms with van der Waals surface area (Å²) in [5.74, 6) is 0.295. The lowest BCUT2D eigenvalue weighted by atomic mass is 10.1. The van der Waals surface area contributed by atoms with Gasteiger partial charge in [-0.3, -0.25) is 4.79 Å². The van der Waals surface area contributed by atoms with E-state index in [0.717, 1.165) is 6.54 Å². The molecule has 3 N–H and O–H groups in total. The monoisotopic (exact) mass is 231 g/mol. The van der Waals surface area contributed by atoms with E-state index in [9.17, 15) is 4.79 Å². The number of carbonyl (C=O) groups is 1. The van der Waals surface area contributed by atoms with Crippen LogP contribution in [0.25, 0.3) is 0 Å². The molecular weight excluding hydrogens is 206 g/mol. The van der Waals surface area contributed by atoms with E-state index in [4.69, 9.17) is 10.5 Å². The Hall–Kier alpha value is -0.650. The third-order valence-electron chi connectivity index (χ3n) is 2.19. The van der Waals surface area contributed by atoms with Gasteiger partial charge in [-0.1, -0.05) is 6.92 Å². The van der Waals surface area contributed by atoms with E-state index in [1.54, 1.807) is 0 Å². The van der Waals surface area contributed by atoms with Gasteiger partial charge in [-0.15, -0.1) is 0 Å². The second kappa shape index (κ2) is 9.57. The molecule has 0 radical (unpaired) electrons. The van der Waals surface area contributed by atoms with Gasteiger partial charge in [-0.25, -0.2) is 0 Å². The molecule has 0 spiro atoms. The molecule has 1 unspecified atom stereocenters. The molecule has 0 aliphatic rings. The summed E-state index contributed by atoms with van der Waals surface area (Å²) in [6, 6.07) is 0. The molecule has 0 saturated carbocycles. The van der Waals surface area contributed by atoms with Crippen molar-refractivity contribution in [1.82, 2.24) is 10.2 Å². The van der Waals surface area contributed by atoms with Crippen LogP contribution < -0.4 is 11.1 Å². The maximum absolute atomic E-state index is 11.3. The molecule has 0 saturated heterocycles. The van der Waals surface area contributed by atoms with Crippen LogP contribution in [0.2, 0.25) is 0 Å². The van der Waals surface area contributed by atoms with Crippen molar-refractivity contribution in [3.8, 4) is 0 Å². The molecule has 0 aromatic heterocycles. The van der Waals surface area contributed by atoms with E-state index in [1.165, 1.54) is 0 Å². The van der Waals surface area contributed by atoms with Crippen molar-refractivity contribution in [2.75, 3.05) is 46.9 Å². The number of nitrogens with two attached hydrogens (primary N) is 1. The molecule has 0 bridgehead atoms. The lowest BCUT2D eigenvalue weighted by Crippen LogP contribution is -2.30. The largest absolute Gasteiger partial charge is 0.378 e. The molecule has 0 aliphatic carbocycles. The standard InChI is InChI=1S/C11H25N3O2/c1-10(9-12)8-11(15)13-4-6-16-7-5-14(2)3/h10H,4-9,12H2,1-3H3,(H,13,15). The summed E-state index contributed by atoms with van der Waals surface area (Å²) < 4.78 is 5.35. The molecule has 0 fully saturated rings. The summed E-state index contributed by atoms with van der Waals surface area (Å²) in [6.07, 6.45) is 0.494. The third kappa shape index (κ3) is 9.89. The van der Waals surface area contributed by atoms with E-state index in [0.29, 0.717) is 32.7 Å². The third-order valence-corrected chi connectivity index (χ3v) is 2.19. The molecule has 0 rings (SSSR count). The van der Waals surface area contributed by atoms with Gasteiger partial charge in [-0.05, 0) is 26.6 Å². The minimum absolute atomic E-state index is 0.0501. The van der Waals surface area contributed by atoms with Gasteiger partial charge in [-0.2, -0.15) is 0 Å². The van der Waals surface area contributed by atoms with Crippen LogP contribution in [-0.4, -0.2) is 57.8 Å². The number of hydrogen-bond donors (Lipinski definition) is 2. The van der Waals surface area contributed by atoms with E-state index in [-0.39, 0.29) is 11.8 Å². The number of nitrogens with one attached hydrogen (secondary N) is 1. The summed E-state index contributed by atoms with van der Waals surface area (Å²) in [5.41, 5.74) is 5.43. The summed E-state index contributed by atoms with van der Waals surface area (Å²) >= 11 is 0. The van der Waals surface area contributed by atoms with Gasteiger partial charge in [0.2, 0.25) is 5.91 Å². The molecule has 0 aliphatic heterocycles. The quantitative estimate of drug-likeness (QED) is 0.533.